The van der Waals surface area contributed by atoms with Crippen LogP contribution in [0.5, 0.6) is 0 Å². The molecule has 0 amide bonds. The van der Waals surface area contributed by atoms with Crippen LogP contribution in [0, 0.1) is 11.7 Å². The maximum atomic E-state index is 13.9. The third-order valence-corrected chi connectivity index (χ3v) is 5.24. The Hall–Kier alpha value is -1.93. The molecular formula is C20H32FN5O2. The third-order valence-electron chi connectivity index (χ3n) is 5.24. The number of anilines is 1. The number of aromatic nitrogens is 1. The standard InChI is InChI=1S/C20H32FN5O2/c1-22-20(24-9-3-11-28-15-16-6-12-27-13-7-16)25-17-5-10-26(14-17)19-18(21)4-2-8-23-19/h2,4,8,16-17H,3,5-7,9-15H2,1H3,(H2,22,24,25). The minimum absolute atomic E-state index is 0.220. The lowest BCUT2D eigenvalue weighted by molar-refractivity contribution is 0.0203. The van der Waals surface area contributed by atoms with Gasteiger partial charge in [-0.05, 0) is 43.7 Å². The molecule has 3 heterocycles. The molecule has 2 N–H and O–H groups in total. The summed E-state index contributed by atoms with van der Waals surface area (Å²) >= 11 is 0. The first-order valence-corrected chi connectivity index (χ1v) is 10.2. The fraction of sp³-hybridized carbons (Fsp3) is 0.700. The zero-order valence-corrected chi connectivity index (χ0v) is 16.7. The smallest absolute Gasteiger partial charge is 0.191 e. The second kappa shape index (κ2) is 11.2. The van der Waals surface area contributed by atoms with Crippen LogP contribution in [0.15, 0.2) is 23.3 Å². The van der Waals surface area contributed by atoms with E-state index in [0.717, 1.165) is 71.2 Å². The number of halogens is 1. The van der Waals surface area contributed by atoms with Crippen molar-refractivity contribution in [2.24, 2.45) is 10.9 Å². The second-order valence-corrected chi connectivity index (χ2v) is 7.37. The van der Waals surface area contributed by atoms with E-state index < -0.39 is 0 Å². The van der Waals surface area contributed by atoms with Gasteiger partial charge in [-0.25, -0.2) is 9.37 Å². The van der Waals surface area contributed by atoms with E-state index in [-0.39, 0.29) is 11.9 Å². The topological polar surface area (TPSA) is 71.0 Å². The van der Waals surface area contributed by atoms with Crippen molar-refractivity contribution in [2.45, 2.75) is 31.7 Å². The first kappa shape index (κ1) is 20.8. The molecule has 156 valence electrons. The number of ether oxygens (including phenoxy) is 2. The first-order valence-electron chi connectivity index (χ1n) is 10.2. The second-order valence-electron chi connectivity index (χ2n) is 7.37. The van der Waals surface area contributed by atoms with Gasteiger partial charge in [-0.1, -0.05) is 0 Å². The molecule has 1 aromatic heterocycles. The van der Waals surface area contributed by atoms with Crippen molar-refractivity contribution in [3.05, 3.63) is 24.1 Å². The number of rotatable bonds is 8. The molecule has 3 rings (SSSR count). The van der Waals surface area contributed by atoms with Gasteiger partial charge in [0, 0.05) is 65.3 Å². The van der Waals surface area contributed by atoms with E-state index >= 15 is 0 Å². The van der Waals surface area contributed by atoms with Gasteiger partial charge in [0.2, 0.25) is 0 Å². The van der Waals surface area contributed by atoms with Crippen LogP contribution in [0.4, 0.5) is 10.2 Å². The molecule has 1 atom stereocenters. The highest BCUT2D eigenvalue weighted by atomic mass is 19.1. The van der Waals surface area contributed by atoms with Gasteiger partial charge in [-0.2, -0.15) is 0 Å². The van der Waals surface area contributed by atoms with E-state index in [2.05, 4.69) is 20.6 Å². The van der Waals surface area contributed by atoms with Crippen molar-refractivity contribution >= 4 is 11.8 Å². The SMILES string of the molecule is CN=C(NCCCOCC1CCOCC1)NC1CCN(c2ncccc2F)C1. The molecule has 0 bridgehead atoms. The summed E-state index contributed by atoms with van der Waals surface area (Å²) in [7, 11) is 1.77. The molecule has 0 radical (unpaired) electrons. The Morgan fingerprint density at radius 3 is 3.04 bits per heavy atom. The summed E-state index contributed by atoms with van der Waals surface area (Å²) in [6, 6.07) is 3.29. The van der Waals surface area contributed by atoms with Crippen molar-refractivity contribution < 1.29 is 13.9 Å². The zero-order valence-electron chi connectivity index (χ0n) is 16.7. The average molecular weight is 394 g/mol. The van der Waals surface area contributed by atoms with Crippen LogP contribution >= 0.6 is 0 Å². The summed E-state index contributed by atoms with van der Waals surface area (Å²) in [4.78, 5) is 10.4. The molecule has 7 nitrogen and oxygen atoms in total. The van der Waals surface area contributed by atoms with E-state index in [1.165, 1.54) is 6.07 Å². The maximum Gasteiger partial charge on any atom is 0.191 e. The number of nitrogens with zero attached hydrogens (tertiary/aromatic N) is 3. The van der Waals surface area contributed by atoms with E-state index in [1.807, 2.05) is 4.90 Å². The molecule has 8 heteroatoms. The van der Waals surface area contributed by atoms with Gasteiger partial charge in [-0.3, -0.25) is 4.99 Å². The van der Waals surface area contributed by atoms with Crippen LogP contribution in [-0.4, -0.2) is 70.1 Å². The largest absolute Gasteiger partial charge is 0.381 e. The predicted octanol–water partition coefficient (Wildman–Crippen LogP) is 1.80. The van der Waals surface area contributed by atoms with Crippen LogP contribution in [0.25, 0.3) is 0 Å². The van der Waals surface area contributed by atoms with Gasteiger partial charge >= 0.3 is 0 Å². The molecule has 2 aliphatic heterocycles. The molecule has 0 aromatic carbocycles. The maximum absolute atomic E-state index is 13.9. The van der Waals surface area contributed by atoms with Crippen molar-refractivity contribution in [3.8, 4) is 0 Å². The molecule has 1 unspecified atom stereocenters. The van der Waals surface area contributed by atoms with Crippen LogP contribution in [-0.2, 0) is 9.47 Å². The van der Waals surface area contributed by atoms with Crippen LogP contribution in [0.3, 0.4) is 0 Å². The quantitative estimate of drug-likeness (QED) is 0.399. The molecular weight excluding hydrogens is 361 g/mol. The molecule has 28 heavy (non-hydrogen) atoms. The highest BCUT2D eigenvalue weighted by Crippen LogP contribution is 2.20. The lowest BCUT2D eigenvalue weighted by atomic mass is 10.0. The summed E-state index contributed by atoms with van der Waals surface area (Å²) in [6.45, 7) is 5.60. The first-order chi connectivity index (χ1) is 13.8. The highest BCUT2D eigenvalue weighted by Gasteiger charge is 2.25. The van der Waals surface area contributed by atoms with Crippen molar-refractivity contribution in [3.63, 3.8) is 0 Å². The number of hydrogen-bond donors (Lipinski definition) is 2. The van der Waals surface area contributed by atoms with E-state index in [4.69, 9.17) is 9.47 Å². The number of pyridine rings is 1. The Kier molecular flexibility index (Phi) is 8.29. The van der Waals surface area contributed by atoms with Gasteiger partial charge < -0.3 is 25.0 Å². The minimum atomic E-state index is -0.272. The van der Waals surface area contributed by atoms with Crippen molar-refractivity contribution in [2.75, 3.05) is 58.0 Å². The molecule has 2 aliphatic rings. The number of guanidine groups is 1. The van der Waals surface area contributed by atoms with Gasteiger partial charge in [0.1, 0.15) is 0 Å². The highest BCUT2D eigenvalue weighted by molar-refractivity contribution is 5.80. The lowest BCUT2D eigenvalue weighted by Gasteiger charge is -2.22. The monoisotopic (exact) mass is 393 g/mol. The fourth-order valence-corrected chi connectivity index (χ4v) is 3.61. The number of aliphatic imine (C=N–C) groups is 1. The van der Waals surface area contributed by atoms with Crippen LogP contribution < -0.4 is 15.5 Å². The summed E-state index contributed by atoms with van der Waals surface area (Å²) in [6.07, 6.45) is 5.69. The Morgan fingerprint density at radius 1 is 1.39 bits per heavy atom. The summed E-state index contributed by atoms with van der Waals surface area (Å²) in [5.74, 6) is 1.57. The van der Waals surface area contributed by atoms with Crippen LogP contribution in [0.1, 0.15) is 25.7 Å². The molecule has 2 saturated heterocycles. The van der Waals surface area contributed by atoms with E-state index in [0.29, 0.717) is 18.3 Å². The third kappa shape index (κ3) is 6.31. The summed E-state index contributed by atoms with van der Waals surface area (Å²) in [5, 5.41) is 6.75. The molecule has 0 aliphatic carbocycles. The summed E-state index contributed by atoms with van der Waals surface area (Å²) in [5.41, 5.74) is 0. The summed E-state index contributed by atoms with van der Waals surface area (Å²) < 4.78 is 25.1. The van der Waals surface area contributed by atoms with Gasteiger partial charge in [0.25, 0.3) is 0 Å². The predicted molar refractivity (Wildman–Crippen MR) is 108 cm³/mol. The number of nitrogens with one attached hydrogen (secondary N) is 2. The van der Waals surface area contributed by atoms with Gasteiger partial charge in [-0.15, -0.1) is 0 Å². The normalized spacial score (nSPS) is 21.1. The molecule has 1 aromatic rings. The van der Waals surface area contributed by atoms with E-state index in [1.54, 1.807) is 19.3 Å². The Balaban J connectivity index is 1.30. The molecule has 2 fully saturated rings. The fourth-order valence-electron chi connectivity index (χ4n) is 3.61. The Labute approximate surface area is 166 Å². The van der Waals surface area contributed by atoms with Gasteiger partial charge in [0.15, 0.2) is 17.6 Å². The Bertz CT molecular complexity index is 624. The van der Waals surface area contributed by atoms with E-state index in [9.17, 15) is 4.39 Å². The minimum Gasteiger partial charge on any atom is -0.381 e. The number of hydrogen-bond acceptors (Lipinski definition) is 5. The zero-order chi connectivity index (χ0) is 19.6. The lowest BCUT2D eigenvalue weighted by Crippen LogP contribution is -2.45. The molecule has 0 spiro atoms. The average Bonchev–Trinajstić information content (AvgIpc) is 3.19. The van der Waals surface area contributed by atoms with Gasteiger partial charge in [0.05, 0.1) is 0 Å². The Morgan fingerprint density at radius 2 is 2.25 bits per heavy atom. The van der Waals surface area contributed by atoms with Crippen LogP contribution in [0.2, 0.25) is 0 Å². The van der Waals surface area contributed by atoms with Crippen molar-refractivity contribution in [1.82, 2.24) is 15.6 Å². The van der Waals surface area contributed by atoms with Crippen molar-refractivity contribution in [1.29, 1.82) is 0 Å². The molecule has 0 saturated carbocycles.